The van der Waals surface area contributed by atoms with Crippen LogP contribution in [0.5, 0.6) is 0 Å². The Hall–Kier alpha value is -18.8. The van der Waals surface area contributed by atoms with Crippen LogP contribution in [-0.2, 0) is 0 Å². The number of furan rings is 2. The van der Waals surface area contributed by atoms with Gasteiger partial charge in [0.1, 0.15) is 28.4 Å². The molecular weight excluding hydrogens is 1690 g/mol. The fourth-order valence-corrected chi connectivity index (χ4v) is 22.3. The predicted molar refractivity (Wildman–Crippen MR) is 573 cm³/mol. The minimum atomic E-state index is 0.902. The van der Waals surface area contributed by atoms with Gasteiger partial charge in [-0.05, 0) is 182 Å². The average Bonchev–Trinajstić information content (AvgIpc) is 1.55. The Morgan fingerprint density at radius 2 is 0.486 bits per heavy atom. The molecule has 0 amide bonds. The molecule has 12 heterocycles. The summed E-state index contributed by atoms with van der Waals surface area (Å²) in [5.41, 5.74) is 29.6. The van der Waals surface area contributed by atoms with E-state index in [-0.39, 0.29) is 0 Å². The zero-order valence-electron chi connectivity index (χ0n) is 74.5. The van der Waals surface area contributed by atoms with Crippen molar-refractivity contribution in [1.29, 1.82) is 0 Å². The van der Waals surface area contributed by atoms with Gasteiger partial charge in [-0.25, -0.2) is 9.97 Å². The summed E-state index contributed by atoms with van der Waals surface area (Å²) >= 11 is 0. The van der Waals surface area contributed by atoms with Crippen molar-refractivity contribution >= 4 is 208 Å². The molecular formula is C126H80N10O2. The van der Waals surface area contributed by atoms with Gasteiger partial charge in [0.05, 0.1) is 94.0 Å². The molecule has 31 aromatic rings. The number of aromatic nitrogens is 10. The maximum Gasteiger partial charge on any atom is 0.159 e. The molecule has 0 atom stereocenters. The molecule has 12 aromatic heterocycles. The fraction of sp³-hybridized carbons (Fsp3) is 0. The van der Waals surface area contributed by atoms with Crippen molar-refractivity contribution < 1.29 is 8.83 Å². The molecule has 0 saturated heterocycles. The van der Waals surface area contributed by atoms with Crippen LogP contribution in [0.3, 0.4) is 0 Å². The molecule has 19 aromatic carbocycles. The molecule has 646 valence electrons. The standard InChI is InChI=1S/2C36H22N2O.C29H19N3.C25H17N3/c1-2-11-23(12-3-1)37-28-17-7-4-14-26(28)34-30(37)21-22-31-35(34)27-15-5-8-18-29(27)38(31)32-19-10-16-25-24-13-6-9-20-33(24)39-36(25)32;1-2-10-23(11-3-1)37-31-15-7-4-12-25(31)29-21-30-26-13-5-8-16-32(26)38(34(30)22-33(29)37)24-18-19-28-27-14-6-9-17-35(27)39-36(28)20-24;1-2-10-20(11-3-1)31-24-14-6-4-12-21(24)22-17-18-26-28(29(22)31)23-13-5-7-15-25(23)32(26)27-16-8-9-19-30-27;1-2-10-18(11-3-1)27-21-14-6-4-12-19(21)25-24(27)20-13-5-7-15-22(20)28(25)23-16-8-9-17-26-23/h2*1-22H;1-19H;1-17H. The second kappa shape index (κ2) is 31.5. The highest BCUT2D eigenvalue weighted by Crippen LogP contribution is 2.49. The van der Waals surface area contributed by atoms with Crippen LogP contribution >= 0.6 is 0 Å². The van der Waals surface area contributed by atoms with Gasteiger partial charge in [-0.2, -0.15) is 0 Å². The third kappa shape index (κ3) is 11.9. The molecule has 0 saturated carbocycles. The number of hydrogen-bond acceptors (Lipinski definition) is 4. The van der Waals surface area contributed by atoms with E-state index in [9.17, 15) is 0 Å². The third-order valence-corrected chi connectivity index (χ3v) is 27.9. The molecule has 138 heavy (non-hydrogen) atoms. The molecule has 0 aliphatic rings. The molecule has 0 radical (unpaired) electrons. The first-order valence-electron chi connectivity index (χ1n) is 46.8. The van der Waals surface area contributed by atoms with Gasteiger partial charge < -0.3 is 36.2 Å². The number of hydrogen-bond donors (Lipinski definition) is 0. The summed E-state index contributed by atoms with van der Waals surface area (Å²) in [6, 6.07) is 167. The van der Waals surface area contributed by atoms with Crippen LogP contribution in [0.25, 0.3) is 253 Å². The van der Waals surface area contributed by atoms with Crippen molar-refractivity contribution in [2.24, 2.45) is 0 Å². The summed E-state index contributed by atoms with van der Waals surface area (Å²) in [7, 11) is 0. The number of nitrogens with zero attached hydrogens (tertiary/aromatic N) is 10. The number of rotatable bonds is 8. The van der Waals surface area contributed by atoms with Crippen LogP contribution in [0.4, 0.5) is 0 Å². The van der Waals surface area contributed by atoms with E-state index in [4.69, 9.17) is 8.83 Å². The van der Waals surface area contributed by atoms with Gasteiger partial charge in [-0.1, -0.05) is 285 Å². The molecule has 0 bridgehead atoms. The predicted octanol–water partition coefficient (Wildman–Crippen LogP) is 33.0. The van der Waals surface area contributed by atoms with Crippen molar-refractivity contribution in [2.45, 2.75) is 0 Å². The Labute approximate surface area is 788 Å². The maximum atomic E-state index is 6.50. The number of benzene rings is 19. The van der Waals surface area contributed by atoms with Gasteiger partial charge in [-0.3, -0.25) is 9.13 Å². The summed E-state index contributed by atoms with van der Waals surface area (Å²) in [5, 5.41) is 22.1. The largest absolute Gasteiger partial charge is 0.456 e. The van der Waals surface area contributed by atoms with Crippen molar-refractivity contribution in [2.75, 3.05) is 0 Å². The first-order valence-corrected chi connectivity index (χ1v) is 46.8. The lowest BCUT2D eigenvalue weighted by molar-refractivity contribution is 0.666. The Balaban J connectivity index is 0.0000000915. The summed E-state index contributed by atoms with van der Waals surface area (Å²) in [4.78, 5) is 9.35. The topological polar surface area (TPSA) is 91.5 Å². The van der Waals surface area contributed by atoms with Crippen LogP contribution in [0.2, 0.25) is 0 Å². The highest BCUT2D eigenvalue weighted by atomic mass is 16.3. The third-order valence-electron chi connectivity index (χ3n) is 27.9. The molecule has 0 N–H and O–H groups in total. The smallest absolute Gasteiger partial charge is 0.159 e. The van der Waals surface area contributed by atoms with E-state index in [0.29, 0.717) is 0 Å². The van der Waals surface area contributed by atoms with E-state index in [1.165, 1.54) is 170 Å². The van der Waals surface area contributed by atoms with E-state index in [2.05, 4.69) is 471 Å². The summed E-state index contributed by atoms with van der Waals surface area (Å²) in [6.07, 6.45) is 3.71. The number of fused-ring (bicyclic) bond motifs is 31. The Morgan fingerprint density at radius 3 is 1.01 bits per heavy atom. The molecule has 12 nitrogen and oxygen atoms in total. The fourth-order valence-electron chi connectivity index (χ4n) is 22.3. The summed E-state index contributed by atoms with van der Waals surface area (Å²) < 4.78 is 31.6. The minimum Gasteiger partial charge on any atom is -0.456 e. The molecule has 0 aliphatic heterocycles. The molecule has 0 spiro atoms. The van der Waals surface area contributed by atoms with Crippen LogP contribution in [-0.4, -0.2) is 46.5 Å². The highest BCUT2D eigenvalue weighted by molar-refractivity contribution is 6.31. The number of pyridine rings is 2. The second-order valence-corrected chi connectivity index (χ2v) is 35.4. The first kappa shape index (κ1) is 77.9. The van der Waals surface area contributed by atoms with Crippen molar-refractivity contribution in [3.8, 4) is 45.8 Å². The van der Waals surface area contributed by atoms with Crippen molar-refractivity contribution in [3.63, 3.8) is 0 Å². The van der Waals surface area contributed by atoms with Gasteiger partial charge in [0.25, 0.3) is 0 Å². The summed E-state index contributed by atoms with van der Waals surface area (Å²) in [6.45, 7) is 0. The zero-order chi connectivity index (χ0) is 90.6. The van der Waals surface area contributed by atoms with Crippen molar-refractivity contribution in [1.82, 2.24) is 46.5 Å². The number of para-hydroxylation sites is 15. The van der Waals surface area contributed by atoms with Crippen molar-refractivity contribution in [3.05, 3.63) is 486 Å². The molecule has 0 fully saturated rings. The molecule has 0 unspecified atom stereocenters. The highest BCUT2D eigenvalue weighted by Gasteiger charge is 2.28. The first-order chi connectivity index (χ1) is 68.6. The monoisotopic (exact) mass is 1760 g/mol. The lowest BCUT2D eigenvalue weighted by atomic mass is 10.1. The van der Waals surface area contributed by atoms with E-state index < -0.39 is 0 Å². The van der Waals surface area contributed by atoms with Crippen LogP contribution in [0.15, 0.2) is 494 Å². The Bertz CT molecular complexity index is 10200. The lowest BCUT2D eigenvalue weighted by Gasteiger charge is -2.10. The maximum absolute atomic E-state index is 6.50. The van der Waals surface area contributed by atoms with Gasteiger partial charge in [-0.15, -0.1) is 0 Å². The Morgan fingerprint density at radius 1 is 0.152 bits per heavy atom. The van der Waals surface area contributed by atoms with Gasteiger partial charge >= 0.3 is 0 Å². The average molecular weight is 1770 g/mol. The normalized spacial score (nSPS) is 11.9. The molecule has 31 rings (SSSR count). The van der Waals surface area contributed by atoms with Crippen LogP contribution < -0.4 is 0 Å². The van der Waals surface area contributed by atoms with Gasteiger partial charge in [0.15, 0.2) is 5.58 Å². The molecule has 12 heteroatoms. The van der Waals surface area contributed by atoms with Gasteiger partial charge in [0, 0.05) is 144 Å². The molecule has 0 aliphatic carbocycles. The van der Waals surface area contributed by atoms with Crippen LogP contribution in [0.1, 0.15) is 0 Å². The van der Waals surface area contributed by atoms with E-state index >= 15 is 0 Å². The van der Waals surface area contributed by atoms with Gasteiger partial charge in [0.2, 0.25) is 0 Å². The SMILES string of the molecule is c1ccc(-n2c3ccccc3c3c2c2ccccc2n3-c2ccccn2)cc1.c1ccc(-n2c3ccccc3c3c4c5ccccc5n(-c5cccc6c5oc5ccccc56)c4ccc32)cc1.c1ccc(-n2c3ccccc3c3cc4c5ccccc5n(-c5ccc6c(c5)oc5ccccc56)c4cc32)cc1.c1ccc(-n2c3ccccc3c3ccc4c(c5ccccc5n4-c4ccccn4)c32)cc1. The Kier molecular flexibility index (Phi) is 17.8. The van der Waals surface area contributed by atoms with E-state index in [1.807, 2.05) is 60.9 Å². The van der Waals surface area contributed by atoms with E-state index in [0.717, 1.165) is 83.8 Å². The second-order valence-electron chi connectivity index (χ2n) is 35.4. The van der Waals surface area contributed by atoms with Crippen LogP contribution in [0, 0.1) is 0 Å². The lowest BCUT2D eigenvalue weighted by Crippen LogP contribution is -1.96. The van der Waals surface area contributed by atoms with E-state index in [1.54, 1.807) is 0 Å². The zero-order valence-corrected chi connectivity index (χ0v) is 74.5. The summed E-state index contributed by atoms with van der Waals surface area (Å²) in [5.74, 6) is 1.87. The quantitative estimate of drug-likeness (QED) is 0.152. The minimum absolute atomic E-state index is 0.902.